The van der Waals surface area contributed by atoms with Crippen LogP contribution >= 0.6 is 0 Å². The number of hydrogen-bond acceptors (Lipinski definition) is 3. The molecule has 0 saturated heterocycles. The zero-order valence-corrected chi connectivity index (χ0v) is 15.1. The Morgan fingerprint density at radius 2 is 1.71 bits per heavy atom. The normalized spacial score (nSPS) is 14.3. The fourth-order valence-electron chi connectivity index (χ4n) is 3.60. The Morgan fingerprint density at radius 3 is 2.42 bits per heavy atom. The molecule has 0 spiro atoms. The van der Waals surface area contributed by atoms with Crippen LogP contribution in [0.5, 0.6) is 11.5 Å². The predicted octanol–water partition coefficient (Wildman–Crippen LogP) is 4.35. The maximum absolute atomic E-state index is 5.39. The lowest BCUT2D eigenvalue weighted by atomic mass is 9.96. The molecular formula is C21H27NO2. The van der Waals surface area contributed by atoms with Crippen molar-refractivity contribution in [3.8, 4) is 11.5 Å². The Balaban J connectivity index is 1.71. The molecule has 3 rings (SSSR count). The van der Waals surface area contributed by atoms with Crippen molar-refractivity contribution in [3.05, 3.63) is 58.1 Å². The van der Waals surface area contributed by atoms with Gasteiger partial charge in [0, 0.05) is 12.6 Å². The lowest BCUT2D eigenvalue weighted by molar-refractivity contribution is 0.354. The number of methoxy groups -OCH3 is 2. The summed E-state index contributed by atoms with van der Waals surface area (Å²) in [6.07, 6.45) is 3.76. The van der Waals surface area contributed by atoms with Crippen molar-refractivity contribution in [2.24, 2.45) is 0 Å². The Morgan fingerprint density at radius 1 is 1.00 bits per heavy atom. The van der Waals surface area contributed by atoms with Gasteiger partial charge in [0.05, 0.1) is 14.2 Å². The minimum Gasteiger partial charge on any atom is -0.493 e. The minimum atomic E-state index is 0.323. The zero-order chi connectivity index (χ0) is 17.1. The smallest absolute Gasteiger partial charge is 0.161 e. The fraction of sp³-hybridized carbons (Fsp3) is 0.429. The Labute approximate surface area is 145 Å². The fourth-order valence-corrected chi connectivity index (χ4v) is 3.60. The molecule has 24 heavy (non-hydrogen) atoms. The van der Waals surface area contributed by atoms with E-state index in [2.05, 4.69) is 37.4 Å². The van der Waals surface area contributed by atoms with Crippen molar-refractivity contribution in [2.45, 2.75) is 45.7 Å². The van der Waals surface area contributed by atoms with Crippen molar-refractivity contribution in [2.75, 3.05) is 14.2 Å². The van der Waals surface area contributed by atoms with Gasteiger partial charge in [0.15, 0.2) is 11.5 Å². The molecule has 3 heteroatoms. The Bertz CT molecular complexity index is 724. The molecule has 128 valence electrons. The van der Waals surface area contributed by atoms with Gasteiger partial charge in [-0.25, -0.2) is 0 Å². The first kappa shape index (κ1) is 16.8. The van der Waals surface area contributed by atoms with Gasteiger partial charge < -0.3 is 14.8 Å². The Hall–Kier alpha value is -2.00. The second-order valence-corrected chi connectivity index (χ2v) is 6.62. The summed E-state index contributed by atoms with van der Waals surface area (Å²) in [5.41, 5.74) is 7.08. The zero-order valence-electron chi connectivity index (χ0n) is 15.1. The quantitative estimate of drug-likeness (QED) is 0.856. The molecule has 3 nitrogen and oxygen atoms in total. The molecule has 1 aliphatic rings. The maximum atomic E-state index is 5.39. The largest absolute Gasteiger partial charge is 0.493 e. The molecule has 2 aromatic rings. The monoisotopic (exact) mass is 325 g/mol. The van der Waals surface area contributed by atoms with Crippen LogP contribution in [0, 0.1) is 6.92 Å². The molecule has 1 N–H and O–H groups in total. The minimum absolute atomic E-state index is 0.323. The topological polar surface area (TPSA) is 30.5 Å². The van der Waals surface area contributed by atoms with Crippen molar-refractivity contribution in [3.63, 3.8) is 0 Å². The second kappa shape index (κ2) is 7.27. The first-order valence-corrected chi connectivity index (χ1v) is 8.69. The number of rotatable bonds is 6. The molecule has 0 aromatic heterocycles. The van der Waals surface area contributed by atoms with E-state index in [0.29, 0.717) is 6.04 Å². The summed E-state index contributed by atoms with van der Waals surface area (Å²) in [7, 11) is 3.33. The standard InChI is InChI=1S/C21H27NO2/c1-14-10-17-6-5-7-18(17)12-19(14)15(2)22-13-16-8-9-20(23-3)21(11-16)24-4/h8-12,15,22H,5-7,13H2,1-4H3. The van der Waals surface area contributed by atoms with Gasteiger partial charge in [-0.2, -0.15) is 0 Å². The van der Waals surface area contributed by atoms with Gasteiger partial charge in [-0.3, -0.25) is 0 Å². The van der Waals surface area contributed by atoms with E-state index in [9.17, 15) is 0 Å². The Kier molecular flexibility index (Phi) is 5.10. The van der Waals surface area contributed by atoms with E-state index in [1.807, 2.05) is 12.1 Å². The van der Waals surface area contributed by atoms with Gasteiger partial charge in [-0.05, 0) is 73.1 Å². The number of fused-ring (bicyclic) bond motifs is 1. The summed E-state index contributed by atoms with van der Waals surface area (Å²) < 4.78 is 10.7. The molecule has 0 radical (unpaired) electrons. The molecular weight excluding hydrogens is 298 g/mol. The van der Waals surface area contributed by atoms with Crippen LogP contribution in [0.3, 0.4) is 0 Å². The van der Waals surface area contributed by atoms with Gasteiger partial charge in [-0.15, -0.1) is 0 Å². The number of aryl methyl sites for hydroxylation is 3. The molecule has 0 aliphatic heterocycles. The van der Waals surface area contributed by atoms with Crippen molar-refractivity contribution in [1.82, 2.24) is 5.32 Å². The van der Waals surface area contributed by atoms with Crippen LogP contribution in [0.2, 0.25) is 0 Å². The summed E-state index contributed by atoms with van der Waals surface area (Å²) in [6.45, 7) is 5.27. The maximum Gasteiger partial charge on any atom is 0.161 e. The molecule has 0 saturated carbocycles. The van der Waals surface area contributed by atoms with Crippen molar-refractivity contribution in [1.29, 1.82) is 0 Å². The first-order chi connectivity index (χ1) is 11.6. The summed E-state index contributed by atoms with van der Waals surface area (Å²) in [5, 5.41) is 3.64. The van der Waals surface area contributed by atoms with E-state index in [-0.39, 0.29) is 0 Å². The van der Waals surface area contributed by atoms with Gasteiger partial charge in [0.25, 0.3) is 0 Å². The third-order valence-corrected chi connectivity index (χ3v) is 5.01. The average molecular weight is 325 g/mol. The highest BCUT2D eigenvalue weighted by molar-refractivity contribution is 5.43. The molecule has 0 amide bonds. The third kappa shape index (κ3) is 3.41. The number of benzene rings is 2. The lowest BCUT2D eigenvalue weighted by Crippen LogP contribution is -2.19. The van der Waals surface area contributed by atoms with Crippen LogP contribution in [0.1, 0.15) is 47.2 Å². The van der Waals surface area contributed by atoms with Gasteiger partial charge >= 0.3 is 0 Å². The highest BCUT2D eigenvalue weighted by atomic mass is 16.5. The summed E-state index contributed by atoms with van der Waals surface area (Å²) in [5.74, 6) is 1.54. The average Bonchev–Trinajstić information content (AvgIpc) is 3.05. The van der Waals surface area contributed by atoms with E-state index in [1.54, 1.807) is 19.8 Å². The van der Waals surface area contributed by atoms with Crippen LogP contribution in [0.4, 0.5) is 0 Å². The molecule has 0 bridgehead atoms. The van der Waals surface area contributed by atoms with E-state index in [1.165, 1.54) is 41.5 Å². The number of nitrogens with one attached hydrogen (secondary N) is 1. The molecule has 0 heterocycles. The SMILES string of the molecule is COc1ccc(CNC(C)c2cc3c(cc2C)CCC3)cc1OC. The lowest BCUT2D eigenvalue weighted by Gasteiger charge is -2.19. The van der Waals surface area contributed by atoms with Crippen LogP contribution in [0.25, 0.3) is 0 Å². The highest BCUT2D eigenvalue weighted by Gasteiger charge is 2.16. The predicted molar refractivity (Wildman–Crippen MR) is 98.0 cm³/mol. The summed E-state index contributed by atoms with van der Waals surface area (Å²) in [6, 6.07) is 11.2. The van der Waals surface area contributed by atoms with Crippen LogP contribution in [0.15, 0.2) is 30.3 Å². The third-order valence-electron chi connectivity index (χ3n) is 5.01. The molecule has 1 atom stereocenters. The van der Waals surface area contributed by atoms with E-state index < -0.39 is 0 Å². The molecule has 0 fully saturated rings. The molecule has 1 aliphatic carbocycles. The van der Waals surface area contributed by atoms with Crippen LogP contribution in [-0.2, 0) is 19.4 Å². The van der Waals surface area contributed by atoms with E-state index in [4.69, 9.17) is 9.47 Å². The van der Waals surface area contributed by atoms with Gasteiger partial charge in [0.1, 0.15) is 0 Å². The second-order valence-electron chi connectivity index (χ2n) is 6.62. The molecule has 2 aromatic carbocycles. The number of hydrogen-bond donors (Lipinski definition) is 1. The first-order valence-electron chi connectivity index (χ1n) is 8.69. The van der Waals surface area contributed by atoms with Crippen molar-refractivity contribution < 1.29 is 9.47 Å². The highest BCUT2D eigenvalue weighted by Crippen LogP contribution is 2.30. The van der Waals surface area contributed by atoms with Crippen LogP contribution in [-0.4, -0.2) is 14.2 Å². The van der Waals surface area contributed by atoms with Crippen LogP contribution < -0.4 is 14.8 Å². The van der Waals surface area contributed by atoms with Gasteiger partial charge in [-0.1, -0.05) is 18.2 Å². The molecule has 1 unspecified atom stereocenters. The number of ether oxygens (including phenoxy) is 2. The van der Waals surface area contributed by atoms with Gasteiger partial charge in [0.2, 0.25) is 0 Å². The van der Waals surface area contributed by atoms with E-state index >= 15 is 0 Å². The van der Waals surface area contributed by atoms with E-state index in [0.717, 1.165) is 18.0 Å². The summed E-state index contributed by atoms with van der Waals surface area (Å²) in [4.78, 5) is 0. The van der Waals surface area contributed by atoms with Crippen molar-refractivity contribution >= 4 is 0 Å². The summed E-state index contributed by atoms with van der Waals surface area (Å²) >= 11 is 0.